The fourth-order valence-electron chi connectivity index (χ4n) is 2.82. The first-order valence-electron chi connectivity index (χ1n) is 6.76. The fourth-order valence-corrected chi connectivity index (χ4v) is 2.82. The van der Waals surface area contributed by atoms with Crippen LogP contribution in [0.15, 0.2) is 29.4 Å². The van der Waals surface area contributed by atoms with Crippen LogP contribution in [0, 0.1) is 5.92 Å². The first kappa shape index (κ1) is 11.5. The average Bonchev–Trinajstić information content (AvgIpc) is 2.73. The lowest BCUT2D eigenvalue weighted by atomic mass is 9.98. The van der Waals surface area contributed by atoms with Crippen LogP contribution in [0.4, 0.5) is 0 Å². The van der Waals surface area contributed by atoms with Crippen molar-refractivity contribution in [1.29, 1.82) is 0 Å². The molecule has 0 saturated carbocycles. The van der Waals surface area contributed by atoms with E-state index in [9.17, 15) is 4.79 Å². The number of hydrogen-bond acceptors (Lipinski definition) is 2. The van der Waals surface area contributed by atoms with Crippen molar-refractivity contribution in [2.24, 2.45) is 11.0 Å². The Labute approximate surface area is 107 Å². The van der Waals surface area contributed by atoms with Gasteiger partial charge in [0, 0.05) is 24.4 Å². The lowest BCUT2D eigenvalue weighted by molar-refractivity contribution is -0.132. The van der Waals surface area contributed by atoms with Gasteiger partial charge in [0.25, 0.3) is 0 Å². The molecule has 0 N–H and O–H groups in total. The molecule has 1 aliphatic heterocycles. The number of carbonyl (C=O) groups excluding carboxylic acids is 1. The predicted molar refractivity (Wildman–Crippen MR) is 71.4 cm³/mol. The Morgan fingerprint density at radius 3 is 3.00 bits per heavy atom. The van der Waals surface area contributed by atoms with Gasteiger partial charge in [0.2, 0.25) is 5.91 Å². The van der Waals surface area contributed by atoms with Crippen LogP contribution in [0.2, 0.25) is 0 Å². The van der Waals surface area contributed by atoms with E-state index in [4.69, 9.17) is 0 Å². The summed E-state index contributed by atoms with van der Waals surface area (Å²) in [5.41, 5.74) is 3.71. The van der Waals surface area contributed by atoms with Crippen LogP contribution < -0.4 is 0 Å². The largest absolute Gasteiger partial charge is 0.273 e. The second kappa shape index (κ2) is 4.56. The highest BCUT2D eigenvalue weighted by Gasteiger charge is 2.35. The van der Waals surface area contributed by atoms with Gasteiger partial charge in [0.1, 0.15) is 0 Å². The first-order chi connectivity index (χ1) is 8.79. The lowest BCUT2D eigenvalue weighted by Gasteiger charge is -2.25. The van der Waals surface area contributed by atoms with Gasteiger partial charge in [-0.15, -0.1) is 0 Å². The van der Waals surface area contributed by atoms with Crippen molar-refractivity contribution < 1.29 is 4.79 Å². The van der Waals surface area contributed by atoms with Crippen LogP contribution in [-0.2, 0) is 11.2 Å². The summed E-state index contributed by atoms with van der Waals surface area (Å²) in [5, 5.41) is 6.28. The van der Waals surface area contributed by atoms with E-state index in [1.165, 1.54) is 11.1 Å². The van der Waals surface area contributed by atoms with Crippen molar-refractivity contribution in [1.82, 2.24) is 5.01 Å². The smallest absolute Gasteiger partial charge is 0.243 e. The molecule has 1 aromatic rings. The van der Waals surface area contributed by atoms with E-state index in [0.717, 1.165) is 31.5 Å². The minimum absolute atomic E-state index is 0.185. The maximum absolute atomic E-state index is 12.0. The molecule has 1 aromatic carbocycles. The van der Waals surface area contributed by atoms with Crippen molar-refractivity contribution in [3.63, 3.8) is 0 Å². The standard InChI is InChI=1S/C15H18N2O/c1-2-3-8-17-14(18)10-12-9-11-6-4-5-7-13(11)15(12)16-17/h4-7,12H,2-3,8-10H2,1H3. The second-order valence-corrected chi connectivity index (χ2v) is 5.12. The third-order valence-corrected chi connectivity index (χ3v) is 3.81. The Morgan fingerprint density at radius 1 is 1.33 bits per heavy atom. The average molecular weight is 242 g/mol. The van der Waals surface area contributed by atoms with Gasteiger partial charge in [0.05, 0.1) is 5.71 Å². The van der Waals surface area contributed by atoms with Gasteiger partial charge in [-0.2, -0.15) is 5.10 Å². The van der Waals surface area contributed by atoms with Crippen molar-refractivity contribution in [2.45, 2.75) is 32.6 Å². The van der Waals surface area contributed by atoms with Crippen LogP contribution >= 0.6 is 0 Å². The van der Waals surface area contributed by atoms with Crippen LogP contribution in [0.25, 0.3) is 0 Å². The highest BCUT2D eigenvalue weighted by Crippen LogP contribution is 2.32. The Kier molecular flexibility index (Phi) is 2.90. The first-order valence-corrected chi connectivity index (χ1v) is 6.76. The molecule has 18 heavy (non-hydrogen) atoms. The number of amides is 1. The summed E-state index contributed by atoms with van der Waals surface area (Å²) in [7, 11) is 0. The normalized spacial score (nSPS) is 21.6. The van der Waals surface area contributed by atoms with Crippen LogP contribution in [-0.4, -0.2) is 23.2 Å². The van der Waals surface area contributed by atoms with E-state index in [2.05, 4.69) is 36.3 Å². The zero-order valence-electron chi connectivity index (χ0n) is 10.7. The molecule has 1 aliphatic carbocycles. The molecule has 0 bridgehead atoms. The summed E-state index contributed by atoms with van der Waals surface area (Å²) in [5.74, 6) is 0.498. The molecular formula is C15H18N2O. The zero-order valence-corrected chi connectivity index (χ0v) is 10.7. The summed E-state index contributed by atoms with van der Waals surface area (Å²) < 4.78 is 0. The number of hydrogen-bond donors (Lipinski definition) is 0. The third-order valence-electron chi connectivity index (χ3n) is 3.81. The second-order valence-electron chi connectivity index (χ2n) is 5.12. The molecule has 3 nitrogen and oxygen atoms in total. The molecule has 0 aromatic heterocycles. The van der Waals surface area contributed by atoms with Crippen molar-refractivity contribution in [3.8, 4) is 0 Å². The maximum Gasteiger partial charge on any atom is 0.243 e. The SMILES string of the molecule is CCCCN1N=C2c3ccccc3CC2CC1=O. The van der Waals surface area contributed by atoms with Gasteiger partial charge >= 0.3 is 0 Å². The summed E-state index contributed by atoms with van der Waals surface area (Å²) in [6.45, 7) is 2.89. The summed E-state index contributed by atoms with van der Waals surface area (Å²) in [4.78, 5) is 12.0. The number of carbonyl (C=O) groups is 1. The summed E-state index contributed by atoms with van der Waals surface area (Å²) >= 11 is 0. The maximum atomic E-state index is 12.0. The van der Waals surface area contributed by atoms with E-state index in [0.29, 0.717) is 12.3 Å². The quantitative estimate of drug-likeness (QED) is 0.802. The van der Waals surface area contributed by atoms with E-state index in [1.54, 1.807) is 5.01 Å². The molecular weight excluding hydrogens is 224 g/mol. The molecule has 0 fully saturated rings. The van der Waals surface area contributed by atoms with Crippen LogP contribution in [0.3, 0.4) is 0 Å². The van der Waals surface area contributed by atoms with Gasteiger partial charge < -0.3 is 0 Å². The van der Waals surface area contributed by atoms with Crippen LogP contribution in [0.5, 0.6) is 0 Å². The molecule has 0 radical (unpaired) electrons. The Hall–Kier alpha value is -1.64. The monoisotopic (exact) mass is 242 g/mol. The predicted octanol–water partition coefficient (Wildman–Crippen LogP) is 2.60. The van der Waals surface area contributed by atoms with E-state index >= 15 is 0 Å². The molecule has 2 aliphatic rings. The molecule has 1 amide bonds. The summed E-state index contributed by atoms with van der Waals surface area (Å²) in [6.07, 6.45) is 3.71. The Bertz CT molecular complexity index is 507. The number of unbranched alkanes of at least 4 members (excludes halogenated alkanes) is 1. The fraction of sp³-hybridized carbons (Fsp3) is 0.467. The minimum atomic E-state index is 0.185. The number of rotatable bonds is 3. The minimum Gasteiger partial charge on any atom is -0.273 e. The zero-order chi connectivity index (χ0) is 12.5. The summed E-state index contributed by atoms with van der Waals surface area (Å²) in [6, 6.07) is 8.39. The molecule has 1 atom stereocenters. The Morgan fingerprint density at radius 2 is 2.17 bits per heavy atom. The molecule has 1 heterocycles. The van der Waals surface area contributed by atoms with Gasteiger partial charge in [-0.05, 0) is 18.4 Å². The van der Waals surface area contributed by atoms with Gasteiger partial charge in [-0.3, -0.25) is 4.79 Å². The number of fused-ring (bicyclic) bond motifs is 3. The highest BCUT2D eigenvalue weighted by molar-refractivity contribution is 6.09. The molecule has 3 heteroatoms. The molecule has 0 saturated heterocycles. The lowest BCUT2D eigenvalue weighted by Crippen LogP contribution is -2.36. The molecule has 3 rings (SSSR count). The van der Waals surface area contributed by atoms with E-state index < -0.39 is 0 Å². The van der Waals surface area contributed by atoms with Crippen molar-refractivity contribution >= 4 is 11.6 Å². The van der Waals surface area contributed by atoms with E-state index in [1.807, 2.05) is 0 Å². The van der Waals surface area contributed by atoms with Crippen LogP contribution in [0.1, 0.15) is 37.3 Å². The van der Waals surface area contributed by atoms with Gasteiger partial charge in [0.15, 0.2) is 0 Å². The van der Waals surface area contributed by atoms with Gasteiger partial charge in [-0.1, -0.05) is 37.6 Å². The van der Waals surface area contributed by atoms with Crippen molar-refractivity contribution in [2.75, 3.05) is 6.54 Å². The van der Waals surface area contributed by atoms with Gasteiger partial charge in [-0.25, -0.2) is 5.01 Å². The topological polar surface area (TPSA) is 32.7 Å². The Balaban J connectivity index is 1.91. The van der Waals surface area contributed by atoms with E-state index in [-0.39, 0.29) is 5.91 Å². The number of benzene rings is 1. The molecule has 1 unspecified atom stereocenters. The number of hydrazone groups is 1. The molecule has 94 valence electrons. The molecule has 0 spiro atoms. The van der Waals surface area contributed by atoms with Crippen molar-refractivity contribution in [3.05, 3.63) is 35.4 Å². The third kappa shape index (κ3) is 1.84. The highest BCUT2D eigenvalue weighted by atomic mass is 16.2. The number of nitrogens with zero attached hydrogens (tertiary/aromatic N) is 2.